The van der Waals surface area contributed by atoms with E-state index < -0.39 is 0 Å². The van der Waals surface area contributed by atoms with Gasteiger partial charge in [0.2, 0.25) is 5.95 Å². The van der Waals surface area contributed by atoms with Crippen molar-refractivity contribution in [2.45, 2.75) is 20.3 Å². The van der Waals surface area contributed by atoms with Crippen LogP contribution in [0.2, 0.25) is 0 Å². The lowest BCUT2D eigenvalue weighted by Gasteiger charge is -2.35. The molecule has 1 aromatic heterocycles. The number of carbonyl (C=O) groups is 1. The van der Waals surface area contributed by atoms with Gasteiger partial charge in [-0.1, -0.05) is 26.0 Å². The van der Waals surface area contributed by atoms with Crippen molar-refractivity contribution in [2.24, 2.45) is 0 Å². The average Bonchev–Trinajstić information content (AvgIpc) is 2.92. The summed E-state index contributed by atoms with van der Waals surface area (Å²) in [4.78, 5) is 25.9. The van der Waals surface area contributed by atoms with E-state index in [0.717, 1.165) is 49.5 Å². The van der Waals surface area contributed by atoms with Gasteiger partial charge in [-0.15, -0.1) is 0 Å². The van der Waals surface area contributed by atoms with Crippen LogP contribution < -0.4 is 15.0 Å². The van der Waals surface area contributed by atoms with E-state index >= 15 is 0 Å². The zero-order chi connectivity index (χ0) is 24.6. The summed E-state index contributed by atoms with van der Waals surface area (Å²) in [5.41, 5.74) is 4.60. The molecule has 1 saturated heterocycles. The Morgan fingerprint density at radius 1 is 0.971 bits per heavy atom. The molecule has 182 valence electrons. The number of Topliss-reactive ketones (excluding diaryl/α,β-unsaturated/α-hetero) is 1. The Labute approximate surface area is 207 Å². The van der Waals surface area contributed by atoms with Crippen molar-refractivity contribution in [3.05, 3.63) is 71.5 Å². The number of ether oxygens (including phenoxy) is 1. The van der Waals surface area contributed by atoms with Crippen LogP contribution in [-0.2, 0) is 0 Å². The second kappa shape index (κ2) is 11.6. The minimum Gasteiger partial charge on any atom is -0.497 e. The topological polar surface area (TPSA) is 70.6 Å². The molecule has 0 atom stereocenters. The minimum atomic E-state index is 0.0874. The maximum atomic E-state index is 12.1. The van der Waals surface area contributed by atoms with E-state index in [9.17, 15) is 4.79 Å². The van der Waals surface area contributed by atoms with Crippen molar-refractivity contribution in [3.63, 3.8) is 0 Å². The molecule has 0 aliphatic carbocycles. The fraction of sp³-hybridized carbons (Fsp3) is 0.321. The van der Waals surface area contributed by atoms with Gasteiger partial charge in [-0.25, -0.2) is 9.97 Å². The smallest absolute Gasteiger partial charge is 0.227 e. The molecule has 1 aliphatic rings. The highest BCUT2D eigenvalue weighted by atomic mass is 16.5. The highest BCUT2D eigenvalue weighted by Gasteiger charge is 2.15. The first-order chi connectivity index (χ1) is 17.1. The minimum absolute atomic E-state index is 0.0874. The van der Waals surface area contributed by atoms with E-state index in [4.69, 9.17) is 4.74 Å². The third-order valence-corrected chi connectivity index (χ3v) is 6.26. The number of methoxy groups -OCH3 is 1. The van der Waals surface area contributed by atoms with Gasteiger partial charge in [0.25, 0.3) is 0 Å². The van der Waals surface area contributed by atoms with Gasteiger partial charge in [0.05, 0.1) is 7.11 Å². The fourth-order valence-electron chi connectivity index (χ4n) is 4.09. The van der Waals surface area contributed by atoms with Gasteiger partial charge < -0.3 is 19.9 Å². The fourth-order valence-corrected chi connectivity index (χ4v) is 4.09. The van der Waals surface area contributed by atoms with Crippen LogP contribution >= 0.6 is 0 Å². The molecule has 0 amide bonds. The number of piperazine rings is 1. The summed E-state index contributed by atoms with van der Waals surface area (Å²) in [5.74, 6) is 1.29. The lowest BCUT2D eigenvalue weighted by Crippen LogP contribution is -2.46. The number of carbonyl (C=O) groups excluding carboxylic acids is 1. The predicted molar refractivity (Wildman–Crippen MR) is 143 cm³/mol. The lowest BCUT2D eigenvalue weighted by atomic mass is 10.0. The van der Waals surface area contributed by atoms with Crippen LogP contribution in [0.3, 0.4) is 0 Å². The van der Waals surface area contributed by atoms with E-state index in [-0.39, 0.29) is 5.78 Å². The Hall–Kier alpha value is -3.71. The third-order valence-electron chi connectivity index (χ3n) is 6.26. The summed E-state index contributed by atoms with van der Waals surface area (Å²) in [7, 11) is 1.60. The van der Waals surface area contributed by atoms with Gasteiger partial charge in [0.1, 0.15) is 5.75 Å². The molecular formula is C28H33N5O2. The number of benzene rings is 2. The van der Waals surface area contributed by atoms with E-state index in [1.165, 1.54) is 5.69 Å². The van der Waals surface area contributed by atoms with Crippen molar-refractivity contribution < 1.29 is 9.53 Å². The molecule has 0 spiro atoms. The van der Waals surface area contributed by atoms with Crippen LogP contribution in [0.25, 0.3) is 12.2 Å². The van der Waals surface area contributed by atoms with Crippen LogP contribution in [0.4, 0.5) is 17.3 Å². The van der Waals surface area contributed by atoms with E-state index in [0.29, 0.717) is 23.7 Å². The summed E-state index contributed by atoms with van der Waals surface area (Å²) in [5, 5.41) is 3.27. The standard InChI is InChI=1S/C28H33N5O2/c1-4-27(34)23-16-21(17-26(18-23)35-3)6-7-22-19-29-28(30-20-22)31-24-8-10-25(11-9-24)33-14-12-32(5-2)13-15-33/h6-11,16-20H,4-5,12-15H2,1-3H3,(H,29,30,31)/b7-6+. The molecule has 1 N–H and O–H groups in total. The molecule has 0 unspecified atom stereocenters. The number of rotatable bonds is 9. The average molecular weight is 472 g/mol. The second-order valence-electron chi connectivity index (χ2n) is 8.54. The maximum Gasteiger partial charge on any atom is 0.227 e. The Morgan fingerprint density at radius 2 is 1.66 bits per heavy atom. The predicted octanol–water partition coefficient (Wildman–Crippen LogP) is 5.13. The molecule has 1 fully saturated rings. The van der Waals surface area contributed by atoms with Gasteiger partial charge in [-0.05, 0) is 54.6 Å². The monoisotopic (exact) mass is 471 g/mol. The number of hydrogen-bond acceptors (Lipinski definition) is 7. The molecule has 1 aliphatic heterocycles. The largest absolute Gasteiger partial charge is 0.497 e. The van der Waals surface area contributed by atoms with Gasteiger partial charge in [-0.3, -0.25) is 4.79 Å². The molecule has 4 rings (SSSR count). The zero-order valence-electron chi connectivity index (χ0n) is 20.7. The van der Waals surface area contributed by atoms with Crippen LogP contribution in [0.1, 0.15) is 41.8 Å². The molecular weight excluding hydrogens is 438 g/mol. The SMILES string of the molecule is CCC(=O)c1cc(/C=C/c2cnc(Nc3ccc(N4CCN(CC)CC4)cc3)nc2)cc(OC)c1. The first kappa shape index (κ1) is 24.4. The van der Waals surface area contributed by atoms with Crippen molar-refractivity contribution in [3.8, 4) is 5.75 Å². The second-order valence-corrected chi connectivity index (χ2v) is 8.54. The lowest BCUT2D eigenvalue weighted by molar-refractivity contribution is 0.0988. The summed E-state index contributed by atoms with van der Waals surface area (Å²) in [6.07, 6.45) is 7.85. The Morgan fingerprint density at radius 3 is 2.29 bits per heavy atom. The molecule has 0 saturated carbocycles. The van der Waals surface area contributed by atoms with Crippen molar-refractivity contribution in [1.82, 2.24) is 14.9 Å². The number of nitrogens with one attached hydrogen (secondary N) is 1. The highest BCUT2D eigenvalue weighted by Crippen LogP contribution is 2.22. The van der Waals surface area contributed by atoms with Gasteiger partial charge in [0.15, 0.2) is 5.78 Å². The molecule has 2 aromatic carbocycles. The van der Waals surface area contributed by atoms with E-state index in [1.807, 2.05) is 31.2 Å². The summed E-state index contributed by atoms with van der Waals surface area (Å²) in [6.45, 7) is 9.53. The summed E-state index contributed by atoms with van der Waals surface area (Å²) in [6, 6.07) is 14.0. The molecule has 2 heterocycles. The zero-order valence-corrected chi connectivity index (χ0v) is 20.7. The summed E-state index contributed by atoms with van der Waals surface area (Å²) >= 11 is 0. The third kappa shape index (κ3) is 6.45. The van der Waals surface area contributed by atoms with Gasteiger partial charge >= 0.3 is 0 Å². The number of anilines is 3. The van der Waals surface area contributed by atoms with Crippen molar-refractivity contribution in [2.75, 3.05) is 50.1 Å². The van der Waals surface area contributed by atoms with Crippen LogP contribution in [0.15, 0.2) is 54.9 Å². The summed E-state index contributed by atoms with van der Waals surface area (Å²) < 4.78 is 5.34. The van der Waals surface area contributed by atoms with Gasteiger partial charge in [-0.2, -0.15) is 0 Å². The maximum absolute atomic E-state index is 12.1. The first-order valence-electron chi connectivity index (χ1n) is 12.1. The molecule has 0 bridgehead atoms. The Bertz CT molecular complexity index is 1150. The Balaban J connectivity index is 1.37. The molecule has 7 heteroatoms. The normalized spacial score (nSPS) is 14.3. The molecule has 3 aromatic rings. The first-order valence-corrected chi connectivity index (χ1v) is 12.1. The van der Waals surface area contributed by atoms with Crippen LogP contribution in [0, 0.1) is 0 Å². The number of nitrogens with zero attached hydrogens (tertiary/aromatic N) is 4. The van der Waals surface area contributed by atoms with Gasteiger partial charge in [0, 0.05) is 67.5 Å². The van der Waals surface area contributed by atoms with Crippen LogP contribution in [0.5, 0.6) is 5.75 Å². The highest BCUT2D eigenvalue weighted by molar-refractivity contribution is 5.97. The number of hydrogen-bond donors (Lipinski definition) is 1. The Kier molecular flexibility index (Phi) is 8.11. The molecule has 35 heavy (non-hydrogen) atoms. The number of aromatic nitrogens is 2. The van der Waals surface area contributed by atoms with Crippen LogP contribution in [-0.4, -0.2) is 60.5 Å². The molecule has 0 radical (unpaired) electrons. The number of likely N-dealkylation sites (N-methyl/N-ethyl adjacent to an activating group) is 1. The van der Waals surface area contributed by atoms with E-state index in [2.05, 4.69) is 56.3 Å². The van der Waals surface area contributed by atoms with Crippen molar-refractivity contribution >= 4 is 35.3 Å². The van der Waals surface area contributed by atoms with Crippen molar-refractivity contribution in [1.29, 1.82) is 0 Å². The quantitative estimate of drug-likeness (QED) is 0.434. The number of ketones is 1. The van der Waals surface area contributed by atoms with E-state index in [1.54, 1.807) is 25.6 Å². The molecule has 7 nitrogen and oxygen atoms in total.